The summed E-state index contributed by atoms with van der Waals surface area (Å²) in [5.74, 6) is 0.549. The highest BCUT2D eigenvalue weighted by Crippen LogP contribution is 2.06. The van der Waals surface area contributed by atoms with Gasteiger partial charge < -0.3 is 15.2 Å². The van der Waals surface area contributed by atoms with Crippen LogP contribution in [0.4, 0.5) is 0 Å². The number of hydrogen-bond donors (Lipinski definition) is 1. The molecule has 0 bridgehead atoms. The Morgan fingerprint density at radius 3 is 2.86 bits per heavy atom. The average molecular weight is 197 g/mol. The summed E-state index contributed by atoms with van der Waals surface area (Å²) in [6.45, 7) is 2.72. The normalized spacial score (nSPS) is 12.5. The van der Waals surface area contributed by atoms with Crippen molar-refractivity contribution in [1.82, 2.24) is 9.97 Å². The zero-order valence-electron chi connectivity index (χ0n) is 8.43. The molecule has 0 aliphatic carbocycles. The number of aromatic nitrogens is 2. The summed E-state index contributed by atoms with van der Waals surface area (Å²) in [4.78, 5) is 7.91. The van der Waals surface area contributed by atoms with Gasteiger partial charge in [-0.25, -0.2) is 9.97 Å². The first-order chi connectivity index (χ1) is 6.76. The van der Waals surface area contributed by atoms with Crippen LogP contribution in [0, 0.1) is 6.92 Å². The predicted octanol–water partition coefficient (Wildman–Crippen LogP) is 0.138. The van der Waals surface area contributed by atoms with E-state index in [1.807, 2.05) is 6.92 Å². The van der Waals surface area contributed by atoms with Crippen molar-refractivity contribution in [2.24, 2.45) is 5.73 Å². The smallest absolute Gasteiger partial charge is 0.216 e. The molecule has 1 heterocycles. The zero-order chi connectivity index (χ0) is 10.4. The number of aryl methyl sites for hydroxylation is 1. The van der Waals surface area contributed by atoms with Crippen molar-refractivity contribution in [1.29, 1.82) is 0 Å². The van der Waals surface area contributed by atoms with Gasteiger partial charge in [0.05, 0.1) is 0 Å². The number of hydrogen-bond acceptors (Lipinski definition) is 5. The molecule has 0 spiro atoms. The average Bonchev–Trinajstić information content (AvgIpc) is 2.19. The topological polar surface area (TPSA) is 70.3 Å². The molecule has 14 heavy (non-hydrogen) atoms. The van der Waals surface area contributed by atoms with Gasteiger partial charge in [-0.05, 0) is 6.92 Å². The molecule has 0 aliphatic rings. The molecule has 0 saturated heterocycles. The van der Waals surface area contributed by atoms with Gasteiger partial charge in [-0.1, -0.05) is 0 Å². The summed E-state index contributed by atoms with van der Waals surface area (Å²) in [6.07, 6.45) is 1.37. The van der Waals surface area contributed by atoms with Crippen LogP contribution in [0.2, 0.25) is 0 Å². The van der Waals surface area contributed by atoms with E-state index >= 15 is 0 Å². The minimum Gasteiger partial charge on any atom is -0.475 e. The molecule has 2 N–H and O–H groups in total. The molecule has 1 atom stereocenters. The first kappa shape index (κ1) is 10.9. The van der Waals surface area contributed by atoms with Gasteiger partial charge in [0.1, 0.15) is 19.0 Å². The Hall–Kier alpha value is -1.20. The van der Waals surface area contributed by atoms with Crippen molar-refractivity contribution in [3.8, 4) is 5.88 Å². The van der Waals surface area contributed by atoms with E-state index in [0.717, 1.165) is 5.69 Å². The van der Waals surface area contributed by atoms with Crippen LogP contribution in [-0.4, -0.2) is 36.3 Å². The molecular formula is C9H15N3O2. The molecular weight excluding hydrogens is 182 g/mol. The van der Waals surface area contributed by atoms with E-state index in [-0.39, 0.29) is 6.10 Å². The lowest BCUT2D eigenvalue weighted by Gasteiger charge is -2.13. The van der Waals surface area contributed by atoms with Crippen LogP contribution in [0.3, 0.4) is 0 Å². The Morgan fingerprint density at radius 2 is 2.29 bits per heavy atom. The van der Waals surface area contributed by atoms with Crippen LogP contribution in [-0.2, 0) is 4.74 Å². The Balaban J connectivity index is 2.44. The second kappa shape index (κ2) is 5.51. The van der Waals surface area contributed by atoms with Crippen molar-refractivity contribution in [3.63, 3.8) is 0 Å². The fourth-order valence-electron chi connectivity index (χ4n) is 0.920. The van der Waals surface area contributed by atoms with Crippen molar-refractivity contribution < 1.29 is 9.47 Å². The Morgan fingerprint density at radius 1 is 1.50 bits per heavy atom. The van der Waals surface area contributed by atoms with Gasteiger partial charge in [-0.15, -0.1) is 0 Å². The standard InChI is InChI=1S/C9H15N3O2/c1-7-3-9(12-6-11-7)14-5-8(4-10)13-2/h3,6,8H,4-5,10H2,1-2H3. The van der Waals surface area contributed by atoms with Crippen LogP contribution in [0.15, 0.2) is 12.4 Å². The van der Waals surface area contributed by atoms with Crippen molar-refractivity contribution >= 4 is 0 Å². The quantitative estimate of drug-likeness (QED) is 0.727. The molecule has 0 aromatic carbocycles. The Labute approximate surface area is 83.3 Å². The van der Waals surface area contributed by atoms with E-state index in [1.54, 1.807) is 13.2 Å². The third-order valence-electron chi connectivity index (χ3n) is 1.79. The highest BCUT2D eigenvalue weighted by molar-refractivity contribution is 5.11. The van der Waals surface area contributed by atoms with Crippen molar-refractivity contribution in [3.05, 3.63) is 18.1 Å². The largest absolute Gasteiger partial charge is 0.475 e. The van der Waals surface area contributed by atoms with Gasteiger partial charge in [0.2, 0.25) is 5.88 Å². The number of methoxy groups -OCH3 is 1. The lowest BCUT2D eigenvalue weighted by Crippen LogP contribution is -2.29. The van der Waals surface area contributed by atoms with Crippen LogP contribution in [0.1, 0.15) is 5.69 Å². The number of rotatable bonds is 5. The van der Waals surface area contributed by atoms with Gasteiger partial charge >= 0.3 is 0 Å². The molecule has 0 saturated carbocycles. The number of ether oxygens (including phenoxy) is 2. The Bertz CT molecular complexity index is 277. The van der Waals surface area contributed by atoms with Crippen LogP contribution in [0.5, 0.6) is 5.88 Å². The maximum Gasteiger partial charge on any atom is 0.216 e. The van der Waals surface area contributed by atoms with Crippen LogP contribution >= 0.6 is 0 Å². The van der Waals surface area contributed by atoms with Gasteiger partial charge in [0, 0.05) is 25.4 Å². The lowest BCUT2D eigenvalue weighted by atomic mass is 10.4. The summed E-state index contributed by atoms with van der Waals surface area (Å²) >= 11 is 0. The molecule has 0 fully saturated rings. The second-order valence-corrected chi connectivity index (χ2v) is 2.90. The summed E-state index contributed by atoms with van der Waals surface area (Å²) < 4.78 is 10.4. The minimum absolute atomic E-state index is 0.0923. The lowest BCUT2D eigenvalue weighted by molar-refractivity contribution is 0.0626. The molecule has 5 nitrogen and oxygen atoms in total. The molecule has 1 aromatic heterocycles. The Kier molecular flexibility index (Phi) is 4.28. The monoisotopic (exact) mass is 197 g/mol. The molecule has 1 aromatic rings. The molecule has 5 heteroatoms. The van der Waals surface area contributed by atoms with E-state index < -0.39 is 0 Å². The summed E-state index contributed by atoms with van der Waals surface area (Å²) in [5, 5.41) is 0. The molecule has 1 unspecified atom stereocenters. The van der Waals surface area contributed by atoms with Gasteiger partial charge in [-0.3, -0.25) is 0 Å². The van der Waals surface area contributed by atoms with Crippen LogP contribution in [0.25, 0.3) is 0 Å². The molecule has 0 aliphatic heterocycles. The fourth-order valence-corrected chi connectivity index (χ4v) is 0.920. The highest BCUT2D eigenvalue weighted by atomic mass is 16.5. The van der Waals surface area contributed by atoms with E-state index in [4.69, 9.17) is 15.2 Å². The van der Waals surface area contributed by atoms with Gasteiger partial charge in [0.25, 0.3) is 0 Å². The highest BCUT2D eigenvalue weighted by Gasteiger charge is 2.05. The van der Waals surface area contributed by atoms with E-state index in [2.05, 4.69) is 9.97 Å². The second-order valence-electron chi connectivity index (χ2n) is 2.90. The first-order valence-electron chi connectivity index (χ1n) is 4.40. The molecule has 78 valence electrons. The number of nitrogens with zero attached hydrogens (tertiary/aromatic N) is 2. The van der Waals surface area contributed by atoms with Crippen LogP contribution < -0.4 is 10.5 Å². The summed E-state index contributed by atoms with van der Waals surface area (Å²) in [5.41, 5.74) is 6.31. The summed E-state index contributed by atoms with van der Waals surface area (Å²) in [6, 6.07) is 1.77. The van der Waals surface area contributed by atoms with E-state index in [0.29, 0.717) is 19.0 Å². The maximum atomic E-state index is 5.44. The molecule has 0 amide bonds. The molecule has 0 radical (unpaired) electrons. The molecule has 1 rings (SSSR count). The van der Waals surface area contributed by atoms with E-state index in [1.165, 1.54) is 6.33 Å². The van der Waals surface area contributed by atoms with Gasteiger partial charge in [-0.2, -0.15) is 0 Å². The number of nitrogens with two attached hydrogens (primary N) is 1. The van der Waals surface area contributed by atoms with E-state index in [9.17, 15) is 0 Å². The van der Waals surface area contributed by atoms with Gasteiger partial charge in [0.15, 0.2) is 0 Å². The predicted molar refractivity (Wildman–Crippen MR) is 52.1 cm³/mol. The minimum atomic E-state index is -0.0923. The van der Waals surface area contributed by atoms with Crippen molar-refractivity contribution in [2.75, 3.05) is 20.3 Å². The van der Waals surface area contributed by atoms with Crippen molar-refractivity contribution in [2.45, 2.75) is 13.0 Å². The fraction of sp³-hybridized carbons (Fsp3) is 0.556. The zero-order valence-corrected chi connectivity index (χ0v) is 8.43. The summed E-state index contributed by atoms with van der Waals surface area (Å²) in [7, 11) is 1.60. The first-order valence-corrected chi connectivity index (χ1v) is 4.40. The third kappa shape index (κ3) is 3.27. The maximum absolute atomic E-state index is 5.44. The third-order valence-corrected chi connectivity index (χ3v) is 1.79. The SMILES string of the molecule is COC(CN)COc1cc(C)ncn1.